The molecule has 50 heavy (non-hydrogen) atoms. The first-order valence-corrected chi connectivity index (χ1v) is 18.3. The first kappa shape index (κ1) is 35.9. The van der Waals surface area contributed by atoms with Crippen molar-refractivity contribution in [3.05, 3.63) is 52.3 Å². The molecule has 1 N–H and O–H groups in total. The summed E-state index contributed by atoms with van der Waals surface area (Å²) in [5.41, 5.74) is 4.35. The van der Waals surface area contributed by atoms with Crippen LogP contribution in [0.4, 0.5) is 23.8 Å². The van der Waals surface area contributed by atoms with Gasteiger partial charge in [-0.15, -0.1) is 11.3 Å². The molecule has 0 saturated carbocycles. The number of methoxy groups -OCH3 is 1. The number of carbonyl (C=O) groups excluding carboxylic acids is 1. The van der Waals surface area contributed by atoms with Gasteiger partial charge in [-0.3, -0.25) is 9.80 Å². The summed E-state index contributed by atoms with van der Waals surface area (Å²) in [6.45, 7) is 10.4. The number of nitriles is 1. The van der Waals surface area contributed by atoms with Gasteiger partial charge in [-0.1, -0.05) is 19.4 Å². The number of benzene rings is 1. The molecule has 1 amide bonds. The molecular formula is C36H45F3N8O2S. The lowest BCUT2D eigenvalue weighted by molar-refractivity contribution is -0.126. The summed E-state index contributed by atoms with van der Waals surface area (Å²) >= 11 is 1.07. The van der Waals surface area contributed by atoms with Gasteiger partial charge in [-0.05, 0) is 61.9 Å². The number of halogens is 3. The minimum Gasteiger partial charge on any atom is -0.453 e. The molecule has 0 radical (unpaired) electrons. The van der Waals surface area contributed by atoms with Crippen LogP contribution in [0.1, 0.15) is 61.2 Å². The molecule has 4 aromatic rings. The van der Waals surface area contributed by atoms with Crippen molar-refractivity contribution in [2.24, 2.45) is 0 Å². The number of nitrogens with zero attached hydrogens (tertiary/aromatic N) is 7. The Morgan fingerprint density at radius 3 is 2.56 bits per heavy atom. The van der Waals surface area contributed by atoms with E-state index in [0.29, 0.717) is 41.4 Å². The number of likely N-dealkylation sites (tertiary alicyclic amines) is 1. The molecule has 14 heteroatoms. The number of rotatable bonds is 11. The van der Waals surface area contributed by atoms with E-state index in [2.05, 4.69) is 67.8 Å². The van der Waals surface area contributed by atoms with Crippen LogP contribution >= 0.6 is 11.3 Å². The summed E-state index contributed by atoms with van der Waals surface area (Å²) in [5.74, 6) is 0.598. The average Bonchev–Trinajstić information content (AvgIpc) is 3.68. The van der Waals surface area contributed by atoms with E-state index in [1.807, 2.05) is 0 Å². The SMILES string of the molecule is CCCCc1c(CN2CCC(Nc3ncnc4sc(CC(F)(F)F)cc34)CC2)ccc2c1cc(C#N)n2C[C@H](C)N1CCN(C(=O)OC)CC1. The number of nitrogens with one attached hydrogen (secondary N) is 1. The summed E-state index contributed by atoms with van der Waals surface area (Å²) in [7, 11) is 1.41. The van der Waals surface area contributed by atoms with E-state index < -0.39 is 12.6 Å². The van der Waals surface area contributed by atoms with Gasteiger partial charge in [-0.25, -0.2) is 14.8 Å². The molecule has 0 bridgehead atoms. The lowest BCUT2D eigenvalue weighted by Crippen LogP contribution is -2.52. The second-order valence-corrected chi connectivity index (χ2v) is 14.6. The molecule has 10 nitrogen and oxygen atoms in total. The van der Waals surface area contributed by atoms with Crippen molar-refractivity contribution in [2.45, 2.75) is 83.7 Å². The Balaban J connectivity index is 1.13. The van der Waals surface area contributed by atoms with Crippen LogP contribution in [0.2, 0.25) is 0 Å². The Morgan fingerprint density at radius 2 is 1.88 bits per heavy atom. The summed E-state index contributed by atoms with van der Waals surface area (Å²) in [4.78, 5) is 27.9. The number of carbonyl (C=O) groups is 1. The third-order valence-corrected chi connectivity index (χ3v) is 11.1. The van der Waals surface area contributed by atoms with Gasteiger partial charge >= 0.3 is 12.3 Å². The predicted octanol–water partition coefficient (Wildman–Crippen LogP) is 6.81. The van der Waals surface area contributed by atoms with Crippen LogP contribution in [-0.4, -0.2) is 100.0 Å². The number of aromatic nitrogens is 3. The number of thiophene rings is 1. The van der Waals surface area contributed by atoms with Gasteiger partial charge in [0, 0.05) is 80.2 Å². The van der Waals surface area contributed by atoms with Crippen molar-refractivity contribution in [1.82, 2.24) is 29.2 Å². The molecule has 1 atom stereocenters. The number of amides is 1. The summed E-state index contributed by atoms with van der Waals surface area (Å²) in [6.07, 6.45) is 0.762. The number of unbranched alkanes of at least 4 members (excludes halogenated alkanes) is 1. The third kappa shape index (κ3) is 8.16. The van der Waals surface area contributed by atoms with E-state index in [-0.39, 0.29) is 23.1 Å². The minimum atomic E-state index is -4.26. The van der Waals surface area contributed by atoms with Crippen LogP contribution in [0.15, 0.2) is 30.6 Å². The fourth-order valence-corrected chi connectivity index (χ4v) is 8.38. The molecule has 1 aromatic carbocycles. The summed E-state index contributed by atoms with van der Waals surface area (Å²) in [5, 5.41) is 15.5. The van der Waals surface area contributed by atoms with Crippen molar-refractivity contribution < 1.29 is 22.7 Å². The summed E-state index contributed by atoms with van der Waals surface area (Å²) < 4.78 is 46.1. The predicted molar refractivity (Wildman–Crippen MR) is 189 cm³/mol. The van der Waals surface area contributed by atoms with Crippen LogP contribution in [-0.2, 0) is 30.7 Å². The Hall–Kier alpha value is -3.93. The van der Waals surface area contributed by atoms with E-state index in [4.69, 9.17) is 4.74 Å². The molecule has 5 heterocycles. The van der Waals surface area contributed by atoms with Crippen molar-refractivity contribution in [1.29, 1.82) is 5.26 Å². The number of piperidine rings is 1. The van der Waals surface area contributed by atoms with E-state index in [1.165, 1.54) is 24.6 Å². The molecule has 6 rings (SSSR count). The zero-order chi connectivity index (χ0) is 35.4. The maximum atomic E-state index is 13.0. The van der Waals surface area contributed by atoms with E-state index >= 15 is 0 Å². The second kappa shape index (κ2) is 15.5. The van der Waals surface area contributed by atoms with Gasteiger partial charge in [0.2, 0.25) is 0 Å². The smallest absolute Gasteiger partial charge is 0.409 e. The largest absolute Gasteiger partial charge is 0.453 e. The fourth-order valence-electron chi connectivity index (χ4n) is 7.35. The Labute approximate surface area is 294 Å². The average molecular weight is 711 g/mol. The van der Waals surface area contributed by atoms with Crippen LogP contribution in [0.3, 0.4) is 0 Å². The highest BCUT2D eigenvalue weighted by molar-refractivity contribution is 7.18. The molecule has 0 unspecified atom stereocenters. The van der Waals surface area contributed by atoms with Crippen molar-refractivity contribution >= 4 is 44.4 Å². The molecule has 0 aliphatic carbocycles. The molecule has 2 saturated heterocycles. The topological polar surface area (TPSA) is 103 Å². The monoisotopic (exact) mass is 710 g/mol. The Kier molecular flexibility index (Phi) is 11.1. The standard InChI is InChI=1S/C36H45F3N8O2S/c1-4-5-6-29-25(7-8-32-30(29)17-27(20-40)47(32)21-24(2)45-13-15-46(16-14-45)35(48)49-3)22-44-11-9-26(10-12-44)43-33-31-18-28(19-36(37,38)39)50-34(31)42-23-41-33/h7-8,17-18,23-24,26H,4-6,9-16,19,21-22H2,1-3H3,(H,41,42,43)/t24-/m0/s1. The highest BCUT2D eigenvalue weighted by Crippen LogP contribution is 2.34. The molecule has 2 fully saturated rings. The van der Waals surface area contributed by atoms with E-state index in [9.17, 15) is 23.2 Å². The Bertz CT molecular complexity index is 1830. The van der Waals surface area contributed by atoms with Gasteiger partial charge < -0.3 is 19.5 Å². The van der Waals surface area contributed by atoms with Crippen LogP contribution in [0, 0.1) is 11.3 Å². The molecule has 2 aliphatic heterocycles. The molecule has 2 aliphatic rings. The van der Waals surface area contributed by atoms with Crippen LogP contribution < -0.4 is 5.32 Å². The minimum absolute atomic E-state index is 0.162. The number of alkyl halides is 3. The quantitative estimate of drug-likeness (QED) is 0.181. The number of hydrogen-bond donors (Lipinski definition) is 1. The number of hydrogen-bond acceptors (Lipinski definition) is 9. The molecule has 3 aromatic heterocycles. The highest BCUT2D eigenvalue weighted by atomic mass is 32.1. The van der Waals surface area contributed by atoms with E-state index in [1.54, 1.807) is 11.0 Å². The number of fused-ring (bicyclic) bond motifs is 2. The normalized spacial score (nSPS) is 17.3. The molecule has 268 valence electrons. The van der Waals surface area contributed by atoms with E-state index in [0.717, 1.165) is 87.1 Å². The third-order valence-electron chi connectivity index (χ3n) is 10.1. The fraction of sp³-hybridized carbons (Fsp3) is 0.556. The Morgan fingerprint density at radius 1 is 1.12 bits per heavy atom. The van der Waals surface area contributed by atoms with Crippen LogP contribution in [0.25, 0.3) is 21.1 Å². The van der Waals surface area contributed by atoms with Crippen LogP contribution in [0.5, 0.6) is 0 Å². The van der Waals surface area contributed by atoms with Gasteiger partial charge in [0.1, 0.15) is 28.7 Å². The first-order chi connectivity index (χ1) is 24.1. The molecular weight excluding hydrogens is 666 g/mol. The van der Waals surface area contributed by atoms with Gasteiger partial charge in [0.25, 0.3) is 0 Å². The lowest BCUT2D eigenvalue weighted by atomic mass is 9.96. The van der Waals surface area contributed by atoms with Crippen molar-refractivity contribution in [2.75, 3.05) is 51.7 Å². The van der Waals surface area contributed by atoms with Crippen molar-refractivity contribution in [3.8, 4) is 6.07 Å². The molecule has 0 spiro atoms. The highest BCUT2D eigenvalue weighted by Gasteiger charge is 2.30. The van der Waals surface area contributed by atoms with Gasteiger partial charge in [-0.2, -0.15) is 18.4 Å². The first-order valence-electron chi connectivity index (χ1n) is 17.5. The van der Waals surface area contributed by atoms with Gasteiger partial charge in [0.05, 0.1) is 18.9 Å². The number of anilines is 1. The maximum Gasteiger partial charge on any atom is 0.409 e. The zero-order valence-corrected chi connectivity index (χ0v) is 29.7. The lowest BCUT2D eigenvalue weighted by Gasteiger charge is -2.37. The van der Waals surface area contributed by atoms with Gasteiger partial charge in [0.15, 0.2) is 0 Å². The number of aryl methyl sites for hydroxylation is 1. The second-order valence-electron chi connectivity index (χ2n) is 13.5. The zero-order valence-electron chi connectivity index (χ0n) is 28.9. The summed E-state index contributed by atoms with van der Waals surface area (Å²) in [6, 6.07) is 10.8. The maximum absolute atomic E-state index is 13.0. The number of ether oxygens (including phenoxy) is 1. The van der Waals surface area contributed by atoms with Crippen molar-refractivity contribution in [3.63, 3.8) is 0 Å². The number of piperazine rings is 1.